The number of rotatable bonds is 3. The Kier molecular flexibility index (Phi) is 3.02. The second-order valence-electron chi connectivity index (χ2n) is 3.33. The van der Waals surface area contributed by atoms with Crippen LogP contribution in [0, 0.1) is 0 Å². The number of nitrogens with zero attached hydrogens (tertiary/aromatic N) is 2. The molecule has 0 aliphatic heterocycles. The SMILES string of the molecule is C=Cc1nc(N)nc(C(C)C)c1C=C. The first kappa shape index (κ1) is 10.4. The number of anilines is 1. The largest absolute Gasteiger partial charge is 0.368 e. The molecule has 0 aliphatic rings. The van der Waals surface area contributed by atoms with Crippen molar-refractivity contribution in [1.82, 2.24) is 9.97 Å². The molecule has 0 aromatic carbocycles. The molecular formula is C11H15N3. The molecule has 0 atom stereocenters. The van der Waals surface area contributed by atoms with E-state index in [1.807, 2.05) is 0 Å². The van der Waals surface area contributed by atoms with E-state index in [1.54, 1.807) is 12.2 Å². The van der Waals surface area contributed by atoms with Crippen LogP contribution in [0.3, 0.4) is 0 Å². The Morgan fingerprint density at radius 2 is 1.86 bits per heavy atom. The third-order valence-corrected chi connectivity index (χ3v) is 1.97. The molecule has 0 fully saturated rings. The molecule has 0 radical (unpaired) electrons. The monoisotopic (exact) mass is 189 g/mol. The minimum Gasteiger partial charge on any atom is -0.368 e. The Morgan fingerprint density at radius 3 is 2.29 bits per heavy atom. The van der Waals surface area contributed by atoms with Gasteiger partial charge in [-0.25, -0.2) is 9.97 Å². The van der Waals surface area contributed by atoms with Gasteiger partial charge in [-0.1, -0.05) is 33.1 Å². The summed E-state index contributed by atoms with van der Waals surface area (Å²) in [7, 11) is 0. The molecule has 3 heteroatoms. The molecule has 1 aromatic heterocycles. The van der Waals surface area contributed by atoms with Gasteiger partial charge in [0.15, 0.2) is 0 Å². The minimum absolute atomic E-state index is 0.286. The molecule has 0 saturated heterocycles. The van der Waals surface area contributed by atoms with E-state index in [2.05, 4.69) is 37.0 Å². The van der Waals surface area contributed by atoms with E-state index in [0.717, 1.165) is 17.0 Å². The summed E-state index contributed by atoms with van der Waals surface area (Å²) in [5.74, 6) is 0.584. The van der Waals surface area contributed by atoms with Gasteiger partial charge in [-0.2, -0.15) is 0 Å². The third kappa shape index (κ3) is 1.82. The lowest BCUT2D eigenvalue weighted by atomic mass is 10.0. The summed E-state index contributed by atoms with van der Waals surface area (Å²) in [4.78, 5) is 8.28. The van der Waals surface area contributed by atoms with Crippen molar-refractivity contribution in [3.05, 3.63) is 30.1 Å². The maximum absolute atomic E-state index is 5.59. The standard InChI is InChI=1S/C11H15N3/c1-5-8-9(6-2)13-11(12)14-10(8)7(3)4/h5-7H,1-2H2,3-4H3,(H2,12,13,14). The molecule has 0 saturated carbocycles. The Balaban J connectivity index is 3.46. The van der Waals surface area contributed by atoms with Gasteiger partial charge in [0.05, 0.1) is 11.4 Å². The van der Waals surface area contributed by atoms with Gasteiger partial charge >= 0.3 is 0 Å². The fourth-order valence-electron chi connectivity index (χ4n) is 1.33. The molecule has 14 heavy (non-hydrogen) atoms. The highest BCUT2D eigenvalue weighted by atomic mass is 15.0. The van der Waals surface area contributed by atoms with Crippen LogP contribution in [0.4, 0.5) is 5.95 Å². The van der Waals surface area contributed by atoms with Crippen LogP contribution in [0.1, 0.15) is 36.7 Å². The lowest BCUT2D eigenvalue weighted by Gasteiger charge is -2.11. The number of nitrogens with two attached hydrogens (primary N) is 1. The number of hydrogen-bond acceptors (Lipinski definition) is 3. The lowest BCUT2D eigenvalue weighted by Crippen LogP contribution is -2.06. The van der Waals surface area contributed by atoms with Crippen LogP contribution >= 0.6 is 0 Å². The van der Waals surface area contributed by atoms with Crippen LogP contribution in [0.5, 0.6) is 0 Å². The zero-order valence-electron chi connectivity index (χ0n) is 8.62. The van der Waals surface area contributed by atoms with Crippen molar-refractivity contribution in [2.75, 3.05) is 5.73 Å². The van der Waals surface area contributed by atoms with E-state index in [4.69, 9.17) is 5.73 Å². The fourth-order valence-corrected chi connectivity index (χ4v) is 1.33. The molecule has 0 unspecified atom stereocenters. The third-order valence-electron chi connectivity index (χ3n) is 1.97. The van der Waals surface area contributed by atoms with Gasteiger partial charge in [-0.3, -0.25) is 0 Å². The molecule has 0 bridgehead atoms. The first-order valence-corrected chi connectivity index (χ1v) is 4.52. The molecule has 3 nitrogen and oxygen atoms in total. The topological polar surface area (TPSA) is 51.8 Å². The van der Waals surface area contributed by atoms with Crippen molar-refractivity contribution < 1.29 is 0 Å². The van der Waals surface area contributed by atoms with Gasteiger partial charge in [0.1, 0.15) is 0 Å². The van der Waals surface area contributed by atoms with Crippen molar-refractivity contribution in [3.63, 3.8) is 0 Å². The zero-order valence-corrected chi connectivity index (χ0v) is 8.62. The second kappa shape index (κ2) is 4.05. The first-order chi connectivity index (χ1) is 6.60. The van der Waals surface area contributed by atoms with E-state index < -0.39 is 0 Å². The molecule has 74 valence electrons. The predicted molar refractivity (Wildman–Crippen MR) is 60.7 cm³/mol. The average molecular weight is 189 g/mol. The van der Waals surface area contributed by atoms with E-state index in [0.29, 0.717) is 5.92 Å². The minimum atomic E-state index is 0.286. The van der Waals surface area contributed by atoms with Crippen molar-refractivity contribution in [1.29, 1.82) is 0 Å². The van der Waals surface area contributed by atoms with Crippen LogP contribution in [0.15, 0.2) is 13.2 Å². The summed E-state index contributed by atoms with van der Waals surface area (Å²) in [6, 6.07) is 0. The van der Waals surface area contributed by atoms with Crippen molar-refractivity contribution in [2.24, 2.45) is 0 Å². The Bertz CT molecular complexity index is 367. The second-order valence-corrected chi connectivity index (χ2v) is 3.33. The predicted octanol–water partition coefficient (Wildman–Crippen LogP) is 2.47. The lowest BCUT2D eigenvalue weighted by molar-refractivity contribution is 0.813. The smallest absolute Gasteiger partial charge is 0.220 e. The van der Waals surface area contributed by atoms with E-state index >= 15 is 0 Å². The Hall–Kier alpha value is -1.64. The van der Waals surface area contributed by atoms with Gasteiger partial charge in [0.25, 0.3) is 0 Å². The zero-order chi connectivity index (χ0) is 10.7. The number of aromatic nitrogens is 2. The molecule has 0 amide bonds. The van der Waals surface area contributed by atoms with Crippen LogP contribution < -0.4 is 5.73 Å². The van der Waals surface area contributed by atoms with E-state index in [9.17, 15) is 0 Å². The van der Waals surface area contributed by atoms with Crippen LogP contribution in [-0.4, -0.2) is 9.97 Å². The summed E-state index contributed by atoms with van der Waals surface area (Å²) in [6.07, 6.45) is 3.41. The summed E-state index contributed by atoms with van der Waals surface area (Å²) < 4.78 is 0. The highest BCUT2D eigenvalue weighted by Crippen LogP contribution is 2.22. The van der Waals surface area contributed by atoms with Crippen LogP contribution in [0.2, 0.25) is 0 Å². The molecule has 1 aromatic rings. The summed E-state index contributed by atoms with van der Waals surface area (Å²) >= 11 is 0. The van der Waals surface area contributed by atoms with E-state index in [1.165, 1.54) is 0 Å². The molecule has 2 N–H and O–H groups in total. The van der Waals surface area contributed by atoms with Gasteiger partial charge < -0.3 is 5.73 Å². The Labute approximate surface area is 84.4 Å². The van der Waals surface area contributed by atoms with Crippen LogP contribution in [0.25, 0.3) is 12.2 Å². The summed E-state index contributed by atoms with van der Waals surface area (Å²) in [5, 5.41) is 0. The van der Waals surface area contributed by atoms with Gasteiger partial charge in [-0.15, -0.1) is 0 Å². The average Bonchev–Trinajstić information content (AvgIpc) is 2.16. The van der Waals surface area contributed by atoms with Gasteiger partial charge in [-0.05, 0) is 12.0 Å². The fraction of sp³-hybridized carbons (Fsp3) is 0.273. The summed E-state index contributed by atoms with van der Waals surface area (Å²) in [5.41, 5.74) is 8.18. The number of hydrogen-bond donors (Lipinski definition) is 1. The number of nitrogen functional groups attached to an aromatic ring is 1. The summed E-state index contributed by atoms with van der Waals surface area (Å²) in [6.45, 7) is 11.5. The molecule has 1 rings (SSSR count). The quantitative estimate of drug-likeness (QED) is 0.794. The normalized spacial score (nSPS) is 10.2. The van der Waals surface area contributed by atoms with Crippen molar-refractivity contribution in [2.45, 2.75) is 19.8 Å². The molecule has 1 heterocycles. The maximum atomic E-state index is 5.59. The Morgan fingerprint density at radius 1 is 1.21 bits per heavy atom. The highest BCUT2D eigenvalue weighted by Gasteiger charge is 2.11. The van der Waals surface area contributed by atoms with Crippen molar-refractivity contribution >= 4 is 18.1 Å². The highest BCUT2D eigenvalue weighted by molar-refractivity contribution is 5.63. The van der Waals surface area contributed by atoms with Gasteiger partial charge in [0.2, 0.25) is 5.95 Å². The first-order valence-electron chi connectivity index (χ1n) is 4.52. The van der Waals surface area contributed by atoms with Crippen molar-refractivity contribution in [3.8, 4) is 0 Å². The molecular weight excluding hydrogens is 174 g/mol. The van der Waals surface area contributed by atoms with Crippen LogP contribution in [-0.2, 0) is 0 Å². The van der Waals surface area contributed by atoms with E-state index in [-0.39, 0.29) is 5.95 Å². The molecule has 0 aliphatic carbocycles. The maximum Gasteiger partial charge on any atom is 0.220 e. The van der Waals surface area contributed by atoms with Gasteiger partial charge in [0, 0.05) is 5.56 Å². The molecule has 0 spiro atoms.